The number of ether oxygens (including phenoxy) is 1. The lowest BCUT2D eigenvalue weighted by atomic mass is 10.1. The second kappa shape index (κ2) is 8.10. The highest BCUT2D eigenvalue weighted by atomic mass is 16.5. The first kappa shape index (κ1) is 15.9. The molecule has 0 bridgehead atoms. The van der Waals surface area contributed by atoms with E-state index in [9.17, 15) is 4.79 Å². The van der Waals surface area contributed by atoms with Gasteiger partial charge >= 0.3 is 0 Å². The lowest BCUT2D eigenvalue weighted by Gasteiger charge is -2.10. The van der Waals surface area contributed by atoms with Crippen LogP contribution in [0.2, 0.25) is 0 Å². The van der Waals surface area contributed by atoms with Crippen molar-refractivity contribution in [2.45, 2.75) is 0 Å². The van der Waals surface area contributed by atoms with Crippen molar-refractivity contribution >= 4 is 11.9 Å². The Morgan fingerprint density at radius 2 is 1.82 bits per heavy atom. The van der Waals surface area contributed by atoms with Crippen LogP contribution in [-0.2, 0) is 0 Å². The van der Waals surface area contributed by atoms with E-state index < -0.39 is 0 Å². The SMILES string of the molecule is CN(C)CCOc1ccc(/C=C\C(=O)c2ccncc2)cc1. The first-order chi connectivity index (χ1) is 10.6. The molecule has 114 valence electrons. The number of aromatic nitrogens is 1. The molecular formula is C18H20N2O2. The molecular weight excluding hydrogens is 276 g/mol. The lowest BCUT2D eigenvalue weighted by Crippen LogP contribution is -2.19. The van der Waals surface area contributed by atoms with Crippen LogP contribution in [0, 0.1) is 0 Å². The Morgan fingerprint density at radius 1 is 1.14 bits per heavy atom. The van der Waals surface area contributed by atoms with E-state index in [2.05, 4.69) is 9.88 Å². The monoisotopic (exact) mass is 296 g/mol. The predicted molar refractivity (Wildman–Crippen MR) is 88.1 cm³/mol. The molecule has 0 aliphatic carbocycles. The lowest BCUT2D eigenvalue weighted by molar-refractivity contribution is 0.104. The number of carbonyl (C=O) groups excluding carboxylic acids is 1. The van der Waals surface area contributed by atoms with E-state index in [4.69, 9.17) is 4.74 Å². The van der Waals surface area contributed by atoms with Crippen molar-refractivity contribution in [3.05, 3.63) is 66.0 Å². The van der Waals surface area contributed by atoms with Gasteiger partial charge in [0.2, 0.25) is 0 Å². The van der Waals surface area contributed by atoms with Crippen molar-refractivity contribution in [2.24, 2.45) is 0 Å². The van der Waals surface area contributed by atoms with Gasteiger partial charge in [-0.15, -0.1) is 0 Å². The van der Waals surface area contributed by atoms with Crippen molar-refractivity contribution in [2.75, 3.05) is 27.2 Å². The minimum Gasteiger partial charge on any atom is -0.492 e. The number of ketones is 1. The topological polar surface area (TPSA) is 42.4 Å². The van der Waals surface area contributed by atoms with Gasteiger partial charge in [-0.1, -0.05) is 18.2 Å². The molecule has 2 aromatic rings. The number of likely N-dealkylation sites (N-methyl/N-ethyl adjacent to an activating group) is 1. The smallest absolute Gasteiger partial charge is 0.185 e. The van der Waals surface area contributed by atoms with Crippen LogP contribution in [0.15, 0.2) is 54.9 Å². The average Bonchev–Trinajstić information content (AvgIpc) is 2.54. The summed E-state index contributed by atoms with van der Waals surface area (Å²) >= 11 is 0. The molecule has 4 nitrogen and oxygen atoms in total. The Balaban J connectivity index is 1.91. The molecule has 0 radical (unpaired) electrons. The molecule has 0 atom stereocenters. The van der Waals surface area contributed by atoms with Gasteiger partial charge in [0.25, 0.3) is 0 Å². The summed E-state index contributed by atoms with van der Waals surface area (Å²) in [7, 11) is 4.02. The number of nitrogens with zero attached hydrogens (tertiary/aromatic N) is 2. The zero-order valence-electron chi connectivity index (χ0n) is 12.9. The first-order valence-corrected chi connectivity index (χ1v) is 7.15. The van der Waals surface area contributed by atoms with Gasteiger partial charge < -0.3 is 9.64 Å². The average molecular weight is 296 g/mol. The van der Waals surface area contributed by atoms with Crippen LogP contribution in [0.25, 0.3) is 6.08 Å². The zero-order valence-corrected chi connectivity index (χ0v) is 12.9. The van der Waals surface area contributed by atoms with Gasteiger partial charge in [0.15, 0.2) is 5.78 Å². The highest BCUT2D eigenvalue weighted by Gasteiger charge is 2.00. The van der Waals surface area contributed by atoms with Crippen LogP contribution < -0.4 is 4.74 Å². The van der Waals surface area contributed by atoms with Crippen LogP contribution in [0.4, 0.5) is 0 Å². The van der Waals surface area contributed by atoms with Crippen molar-refractivity contribution in [1.29, 1.82) is 0 Å². The van der Waals surface area contributed by atoms with E-state index in [1.165, 1.54) is 0 Å². The molecule has 0 saturated carbocycles. The summed E-state index contributed by atoms with van der Waals surface area (Å²) in [4.78, 5) is 17.9. The van der Waals surface area contributed by atoms with Crippen LogP contribution in [-0.4, -0.2) is 42.9 Å². The van der Waals surface area contributed by atoms with Gasteiger partial charge in [-0.05, 0) is 50.0 Å². The van der Waals surface area contributed by atoms with E-state index in [0.29, 0.717) is 12.2 Å². The fraction of sp³-hybridized carbons (Fsp3) is 0.222. The Labute approximate surface area is 131 Å². The molecule has 0 aliphatic rings. The zero-order chi connectivity index (χ0) is 15.8. The summed E-state index contributed by atoms with van der Waals surface area (Å²) in [6.07, 6.45) is 6.59. The van der Waals surface area contributed by atoms with E-state index in [1.54, 1.807) is 36.7 Å². The van der Waals surface area contributed by atoms with Crippen molar-refractivity contribution in [3.63, 3.8) is 0 Å². The molecule has 0 aliphatic heterocycles. The molecule has 0 fully saturated rings. The minimum atomic E-state index is -0.0336. The molecule has 1 aromatic carbocycles. The van der Waals surface area contributed by atoms with Gasteiger partial charge in [-0.2, -0.15) is 0 Å². The van der Waals surface area contributed by atoms with Crippen LogP contribution in [0.5, 0.6) is 5.75 Å². The molecule has 0 saturated heterocycles. The maximum Gasteiger partial charge on any atom is 0.185 e. The summed E-state index contributed by atoms with van der Waals surface area (Å²) in [6, 6.07) is 11.1. The molecule has 1 aromatic heterocycles. The maximum absolute atomic E-state index is 11.9. The van der Waals surface area contributed by atoms with Gasteiger partial charge in [-0.3, -0.25) is 9.78 Å². The summed E-state index contributed by atoms with van der Waals surface area (Å²) in [5.74, 6) is 0.799. The first-order valence-electron chi connectivity index (χ1n) is 7.15. The number of pyridine rings is 1. The molecule has 0 amide bonds. The maximum atomic E-state index is 11.9. The standard InChI is InChI=1S/C18H20N2O2/c1-20(2)13-14-22-17-6-3-15(4-7-17)5-8-18(21)16-9-11-19-12-10-16/h3-12H,13-14H2,1-2H3/b8-5-. The van der Waals surface area contributed by atoms with Gasteiger partial charge in [0.1, 0.15) is 12.4 Å². The number of carbonyl (C=O) groups is 1. The number of hydrogen-bond donors (Lipinski definition) is 0. The Morgan fingerprint density at radius 3 is 2.45 bits per heavy atom. The molecule has 0 unspecified atom stereocenters. The van der Waals surface area contributed by atoms with Crippen molar-refractivity contribution in [1.82, 2.24) is 9.88 Å². The second-order valence-electron chi connectivity index (χ2n) is 5.15. The van der Waals surface area contributed by atoms with Crippen molar-refractivity contribution in [3.8, 4) is 5.75 Å². The third-order valence-corrected chi connectivity index (χ3v) is 3.08. The quantitative estimate of drug-likeness (QED) is 0.582. The number of hydrogen-bond acceptors (Lipinski definition) is 4. The van der Waals surface area contributed by atoms with Crippen molar-refractivity contribution < 1.29 is 9.53 Å². The normalized spacial score (nSPS) is 11.0. The molecule has 22 heavy (non-hydrogen) atoms. The second-order valence-corrected chi connectivity index (χ2v) is 5.15. The molecule has 2 rings (SSSR count). The number of benzene rings is 1. The van der Waals surface area contributed by atoms with E-state index in [0.717, 1.165) is 17.9 Å². The van der Waals surface area contributed by atoms with E-state index >= 15 is 0 Å². The third-order valence-electron chi connectivity index (χ3n) is 3.08. The molecule has 0 N–H and O–H groups in total. The minimum absolute atomic E-state index is 0.0336. The Bertz CT molecular complexity index is 619. The summed E-state index contributed by atoms with van der Waals surface area (Å²) < 4.78 is 5.63. The van der Waals surface area contributed by atoms with E-state index in [-0.39, 0.29) is 5.78 Å². The van der Waals surface area contributed by atoms with E-state index in [1.807, 2.05) is 38.4 Å². The van der Waals surface area contributed by atoms with Crippen LogP contribution >= 0.6 is 0 Å². The van der Waals surface area contributed by atoms with Crippen LogP contribution in [0.1, 0.15) is 15.9 Å². The molecule has 1 heterocycles. The summed E-state index contributed by atoms with van der Waals surface area (Å²) in [5.41, 5.74) is 1.59. The number of rotatable bonds is 7. The van der Waals surface area contributed by atoms with Gasteiger partial charge in [0.05, 0.1) is 0 Å². The Kier molecular flexibility index (Phi) is 5.86. The summed E-state index contributed by atoms with van der Waals surface area (Å²) in [5, 5.41) is 0. The summed E-state index contributed by atoms with van der Waals surface area (Å²) in [6.45, 7) is 1.53. The largest absolute Gasteiger partial charge is 0.492 e. The molecule has 0 spiro atoms. The fourth-order valence-corrected chi connectivity index (χ4v) is 1.81. The van der Waals surface area contributed by atoms with Crippen LogP contribution in [0.3, 0.4) is 0 Å². The predicted octanol–water partition coefficient (Wildman–Crippen LogP) is 2.92. The highest BCUT2D eigenvalue weighted by molar-refractivity contribution is 6.06. The highest BCUT2D eigenvalue weighted by Crippen LogP contribution is 2.13. The fourth-order valence-electron chi connectivity index (χ4n) is 1.81. The third kappa shape index (κ3) is 5.14. The van der Waals surface area contributed by atoms with Gasteiger partial charge in [-0.25, -0.2) is 0 Å². The number of allylic oxidation sites excluding steroid dienone is 1. The Hall–Kier alpha value is -2.46. The molecule has 4 heteroatoms. The van der Waals surface area contributed by atoms with Gasteiger partial charge in [0, 0.05) is 24.5 Å².